The third kappa shape index (κ3) is 3.27. The topological polar surface area (TPSA) is 77.5 Å². The van der Waals surface area contributed by atoms with Gasteiger partial charge in [0, 0.05) is 0 Å². The number of nitrogens with one attached hydrogen (secondary N) is 1. The first-order valence-corrected chi connectivity index (χ1v) is 5.96. The molecule has 0 saturated carbocycles. The highest BCUT2D eigenvalue weighted by molar-refractivity contribution is 6.32. The van der Waals surface area contributed by atoms with Gasteiger partial charge >= 0.3 is 5.91 Å². The lowest BCUT2D eigenvalue weighted by atomic mass is 10.2. The fourth-order valence-corrected chi connectivity index (χ4v) is 1.69. The summed E-state index contributed by atoms with van der Waals surface area (Å²) < 4.78 is 10.8. The number of furan rings is 1. The highest BCUT2D eigenvalue weighted by atomic mass is 35.5. The summed E-state index contributed by atoms with van der Waals surface area (Å²) >= 11 is 6.00. The van der Waals surface area contributed by atoms with Crippen LogP contribution >= 0.6 is 11.6 Å². The zero-order valence-electron chi connectivity index (χ0n) is 10.3. The van der Waals surface area contributed by atoms with Gasteiger partial charge in [-0.05, 0) is 36.8 Å². The molecule has 0 aliphatic carbocycles. The van der Waals surface area contributed by atoms with Crippen LogP contribution in [0.2, 0.25) is 5.02 Å². The fraction of sp³-hybridized carbons (Fsp3) is 0.154. The molecule has 0 saturated heterocycles. The molecule has 5 nitrogen and oxygen atoms in total. The van der Waals surface area contributed by atoms with Crippen LogP contribution in [0.25, 0.3) is 0 Å². The number of halogens is 1. The Hall–Kier alpha value is -1.98. The highest BCUT2D eigenvalue weighted by Gasteiger charge is 2.10. The van der Waals surface area contributed by atoms with Gasteiger partial charge in [-0.3, -0.25) is 10.2 Å². The van der Waals surface area contributed by atoms with Crippen molar-refractivity contribution in [1.82, 2.24) is 5.43 Å². The van der Waals surface area contributed by atoms with E-state index in [0.717, 1.165) is 5.56 Å². The van der Waals surface area contributed by atoms with E-state index in [9.17, 15) is 4.79 Å². The van der Waals surface area contributed by atoms with E-state index >= 15 is 0 Å². The van der Waals surface area contributed by atoms with Gasteiger partial charge in [0.25, 0.3) is 0 Å². The third-order valence-corrected chi connectivity index (χ3v) is 2.79. The number of amides is 1. The lowest BCUT2D eigenvalue weighted by Crippen LogP contribution is -2.29. The van der Waals surface area contributed by atoms with E-state index in [0.29, 0.717) is 16.5 Å². The fourth-order valence-electron chi connectivity index (χ4n) is 1.52. The Morgan fingerprint density at radius 3 is 2.95 bits per heavy atom. The van der Waals surface area contributed by atoms with Gasteiger partial charge in [-0.15, -0.1) is 0 Å². The summed E-state index contributed by atoms with van der Waals surface area (Å²) in [5.41, 5.74) is 3.03. The van der Waals surface area contributed by atoms with Crippen molar-refractivity contribution in [3.05, 3.63) is 52.4 Å². The molecule has 0 radical (unpaired) electrons. The van der Waals surface area contributed by atoms with Gasteiger partial charge in [0.2, 0.25) is 0 Å². The Kier molecular flexibility index (Phi) is 4.09. The Labute approximate surface area is 115 Å². The average molecular weight is 281 g/mol. The van der Waals surface area contributed by atoms with Crippen molar-refractivity contribution in [2.24, 2.45) is 5.84 Å². The Bertz CT molecular complexity index is 595. The molecule has 1 amide bonds. The first-order valence-electron chi connectivity index (χ1n) is 5.59. The van der Waals surface area contributed by atoms with E-state index in [-0.39, 0.29) is 12.4 Å². The molecule has 1 heterocycles. The summed E-state index contributed by atoms with van der Waals surface area (Å²) in [6.07, 6.45) is 0. The van der Waals surface area contributed by atoms with Crippen molar-refractivity contribution in [3.8, 4) is 5.75 Å². The summed E-state index contributed by atoms with van der Waals surface area (Å²) in [7, 11) is 0. The number of rotatable bonds is 4. The summed E-state index contributed by atoms with van der Waals surface area (Å²) in [6, 6.07) is 8.67. The van der Waals surface area contributed by atoms with E-state index in [1.165, 1.54) is 6.07 Å². The molecule has 100 valence electrons. The maximum atomic E-state index is 11.2. The van der Waals surface area contributed by atoms with Crippen molar-refractivity contribution in [2.75, 3.05) is 0 Å². The van der Waals surface area contributed by atoms with Crippen LogP contribution in [0, 0.1) is 6.92 Å². The van der Waals surface area contributed by atoms with E-state index in [2.05, 4.69) is 0 Å². The Balaban J connectivity index is 2.04. The van der Waals surface area contributed by atoms with E-state index in [1.54, 1.807) is 12.1 Å². The minimum absolute atomic E-state index is 0.136. The van der Waals surface area contributed by atoms with E-state index in [1.807, 2.05) is 24.5 Å². The maximum absolute atomic E-state index is 11.2. The van der Waals surface area contributed by atoms with E-state index < -0.39 is 5.91 Å². The summed E-state index contributed by atoms with van der Waals surface area (Å²) in [5, 5.41) is 0.525. The summed E-state index contributed by atoms with van der Waals surface area (Å²) in [5.74, 6) is 5.74. The van der Waals surface area contributed by atoms with Gasteiger partial charge in [-0.1, -0.05) is 17.7 Å². The second-order valence-electron chi connectivity index (χ2n) is 3.96. The predicted octanol–water partition coefficient (Wildman–Crippen LogP) is 2.42. The van der Waals surface area contributed by atoms with Crippen molar-refractivity contribution in [3.63, 3.8) is 0 Å². The quantitative estimate of drug-likeness (QED) is 0.512. The number of hydrogen-bond acceptors (Lipinski definition) is 4. The highest BCUT2D eigenvalue weighted by Crippen LogP contribution is 2.26. The molecule has 19 heavy (non-hydrogen) atoms. The lowest BCUT2D eigenvalue weighted by Gasteiger charge is -2.07. The second kappa shape index (κ2) is 5.77. The van der Waals surface area contributed by atoms with E-state index in [4.69, 9.17) is 26.6 Å². The zero-order valence-corrected chi connectivity index (χ0v) is 11.0. The number of ether oxygens (including phenoxy) is 1. The Morgan fingerprint density at radius 2 is 2.21 bits per heavy atom. The molecule has 1 aromatic heterocycles. The number of benzene rings is 1. The Morgan fingerprint density at radius 1 is 1.42 bits per heavy atom. The summed E-state index contributed by atoms with van der Waals surface area (Å²) in [6.45, 7) is 2.13. The number of hydrogen-bond donors (Lipinski definition) is 2. The molecule has 0 unspecified atom stereocenters. The average Bonchev–Trinajstić information content (AvgIpc) is 2.88. The number of hydrazine groups is 1. The van der Waals surface area contributed by atoms with Crippen LogP contribution in [0.4, 0.5) is 0 Å². The van der Waals surface area contributed by atoms with Gasteiger partial charge in [-0.2, -0.15) is 0 Å². The molecule has 0 fully saturated rings. The monoisotopic (exact) mass is 280 g/mol. The van der Waals surface area contributed by atoms with Crippen LogP contribution < -0.4 is 16.0 Å². The van der Waals surface area contributed by atoms with Gasteiger partial charge in [0.1, 0.15) is 18.1 Å². The molecule has 6 heteroatoms. The van der Waals surface area contributed by atoms with Crippen LogP contribution in [-0.4, -0.2) is 5.91 Å². The van der Waals surface area contributed by atoms with Gasteiger partial charge in [0.05, 0.1) is 5.02 Å². The molecule has 1 aromatic carbocycles. The molecule has 0 aliphatic rings. The molecule has 2 aromatic rings. The molecule has 0 bridgehead atoms. The molecule has 0 spiro atoms. The first-order chi connectivity index (χ1) is 9.10. The van der Waals surface area contributed by atoms with Gasteiger partial charge < -0.3 is 9.15 Å². The van der Waals surface area contributed by atoms with Gasteiger partial charge in [0.15, 0.2) is 5.76 Å². The first kappa shape index (κ1) is 13.5. The SMILES string of the molecule is Cc1ccc(Cl)c(OCc2ccc(C(=O)NN)o2)c1. The normalized spacial score (nSPS) is 10.3. The largest absolute Gasteiger partial charge is 0.484 e. The minimum Gasteiger partial charge on any atom is -0.484 e. The maximum Gasteiger partial charge on any atom is 0.300 e. The molecule has 0 aliphatic heterocycles. The number of carbonyl (C=O) groups excluding carboxylic acids is 1. The number of carbonyl (C=O) groups is 1. The van der Waals surface area contributed by atoms with Crippen LogP contribution in [0.3, 0.4) is 0 Å². The van der Waals surface area contributed by atoms with Crippen LogP contribution in [-0.2, 0) is 6.61 Å². The molecule has 2 rings (SSSR count). The van der Waals surface area contributed by atoms with Crippen molar-refractivity contribution in [1.29, 1.82) is 0 Å². The standard InChI is InChI=1S/C13H13ClN2O3/c1-8-2-4-10(14)12(6-8)18-7-9-3-5-11(19-9)13(17)16-15/h2-6H,7,15H2,1H3,(H,16,17). The van der Waals surface area contributed by atoms with Crippen molar-refractivity contribution >= 4 is 17.5 Å². The van der Waals surface area contributed by atoms with Crippen LogP contribution in [0.1, 0.15) is 21.9 Å². The predicted molar refractivity (Wildman–Crippen MR) is 70.9 cm³/mol. The molecule has 3 N–H and O–H groups in total. The summed E-state index contributed by atoms with van der Waals surface area (Å²) in [4.78, 5) is 11.2. The molecular formula is C13H13ClN2O3. The minimum atomic E-state index is -0.486. The smallest absolute Gasteiger partial charge is 0.300 e. The number of nitrogen functional groups attached to an aromatic ring is 1. The lowest BCUT2D eigenvalue weighted by molar-refractivity contribution is 0.0922. The van der Waals surface area contributed by atoms with Crippen LogP contribution in [0.15, 0.2) is 34.7 Å². The number of aryl methyl sites for hydroxylation is 1. The second-order valence-corrected chi connectivity index (χ2v) is 4.37. The van der Waals surface area contributed by atoms with Crippen LogP contribution in [0.5, 0.6) is 5.75 Å². The van der Waals surface area contributed by atoms with Gasteiger partial charge in [-0.25, -0.2) is 5.84 Å². The van der Waals surface area contributed by atoms with Crippen molar-refractivity contribution in [2.45, 2.75) is 13.5 Å². The van der Waals surface area contributed by atoms with Crippen molar-refractivity contribution < 1.29 is 13.9 Å². The molecule has 0 atom stereocenters. The zero-order chi connectivity index (χ0) is 13.8. The number of nitrogens with two attached hydrogens (primary N) is 1. The third-order valence-electron chi connectivity index (χ3n) is 2.47. The molecular weight excluding hydrogens is 268 g/mol.